The zero-order chi connectivity index (χ0) is 21.0. The van der Waals surface area contributed by atoms with Crippen LogP contribution in [-0.4, -0.2) is 62.2 Å². The lowest BCUT2D eigenvalue weighted by Gasteiger charge is -2.27. The summed E-state index contributed by atoms with van der Waals surface area (Å²) in [5, 5.41) is 3.35. The largest absolute Gasteiger partial charge is 0.381 e. The summed E-state index contributed by atoms with van der Waals surface area (Å²) in [7, 11) is -0.425. The Bertz CT molecular complexity index is 984. The van der Waals surface area contributed by atoms with Gasteiger partial charge in [-0.3, -0.25) is 4.79 Å². The van der Waals surface area contributed by atoms with Gasteiger partial charge in [-0.1, -0.05) is 18.2 Å². The summed E-state index contributed by atoms with van der Waals surface area (Å²) in [6.07, 6.45) is 0. The standard InChI is InChI=1S/C21H27N3O3S2/c1-16-19(21(25)24-10-12-28-13-11-24)8-5-9-20(16)22-15-17-6-4-7-18(14-17)29(26,27)23(2)3/h4-9,14,22H,10-13,15H2,1-3H3. The molecule has 1 fully saturated rings. The molecule has 156 valence electrons. The Labute approximate surface area is 177 Å². The lowest BCUT2D eigenvalue weighted by atomic mass is 10.0. The van der Waals surface area contributed by atoms with Crippen molar-refractivity contribution < 1.29 is 13.2 Å². The van der Waals surface area contributed by atoms with Crippen molar-refractivity contribution in [3.8, 4) is 0 Å². The molecule has 1 aliphatic heterocycles. The summed E-state index contributed by atoms with van der Waals surface area (Å²) in [6, 6.07) is 12.6. The van der Waals surface area contributed by atoms with E-state index < -0.39 is 10.0 Å². The Kier molecular flexibility index (Phi) is 6.87. The highest BCUT2D eigenvalue weighted by atomic mass is 32.2. The summed E-state index contributed by atoms with van der Waals surface area (Å²) < 4.78 is 25.9. The number of carbonyl (C=O) groups is 1. The molecule has 1 N–H and O–H groups in total. The third-order valence-corrected chi connectivity index (χ3v) is 7.78. The second kappa shape index (κ2) is 9.19. The predicted octanol–water partition coefficient (Wildman–Crippen LogP) is 3.05. The van der Waals surface area contributed by atoms with E-state index in [1.807, 2.05) is 47.9 Å². The van der Waals surface area contributed by atoms with E-state index in [2.05, 4.69) is 5.32 Å². The van der Waals surface area contributed by atoms with E-state index in [4.69, 9.17) is 0 Å². The van der Waals surface area contributed by atoms with Crippen molar-refractivity contribution in [3.05, 3.63) is 59.2 Å². The number of carbonyl (C=O) groups excluding carboxylic acids is 1. The predicted molar refractivity (Wildman–Crippen MR) is 119 cm³/mol. The fraction of sp³-hybridized carbons (Fsp3) is 0.381. The molecule has 29 heavy (non-hydrogen) atoms. The van der Waals surface area contributed by atoms with Crippen LogP contribution in [0.5, 0.6) is 0 Å². The summed E-state index contributed by atoms with van der Waals surface area (Å²) in [5.41, 5.74) is 3.36. The number of nitrogens with one attached hydrogen (secondary N) is 1. The van der Waals surface area contributed by atoms with Gasteiger partial charge in [-0.25, -0.2) is 12.7 Å². The Hall–Kier alpha value is -2.03. The number of hydrogen-bond donors (Lipinski definition) is 1. The lowest BCUT2D eigenvalue weighted by Crippen LogP contribution is -2.38. The van der Waals surface area contributed by atoms with Crippen LogP contribution in [0.25, 0.3) is 0 Å². The average Bonchev–Trinajstić information content (AvgIpc) is 2.73. The molecule has 1 amide bonds. The van der Waals surface area contributed by atoms with Crippen molar-refractivity contribution in [1.82, 2.24) is 9.21 Å². The number of hydrogen-bond acceptors (Lipinski definition) is 5. The molecule has 3 rings (SSSR count). The van der Waals surface area contributed by atoms with Crippen LogP contribution in [0.1, 0.15) is 21.5 Å². The number of anilines is 1. The fourth-order valence-corrected chi connectivity index (χ4v) is 5.10. The molecule has 0 saturated carbocycles. The van der Waals surface area contributed by atoms with Gasteiger partial charge in [0.25, 0.3) is 5.91 Å². The van der Waals surface area contributed by atoms with Crippen LogP contribution in [0, 0.1) is 6.92 Å². The molecule has 0 unspecified atom stereocenters. The van der Waals surface area contributed by atoms with Gasteiger partial charge in [0.1, 0.15) is 0 Å². The van der Waals surface area contributed by atoms with Crippen molar-refractivity contribution in [1.29, 1.82) is 0 Å². The van der Waals surface area contributed by atoms with Gasteiger partial charge >= 0.3 is 0 Å². The molecule has 1 aliphatic rings. The number of benzene rings is 2. The van der Waals surface area contributed by atoms with Crippen LogP contribution < -0.4 is 5.32 Å². The van der Waals surface area contributed by atoms with E-state index in [0.29, 0.717) is 12.1 Å². The monoisotopic (exact) mass is 433 g/mol. The van der Waals surface area contributed by atoms with Gasteiger partial charge in [-0.15, -0.1) is 0 Å². The van der Waals surface area contributed by atoms with Crippen LogP contribution in [0.3, 0.4) is 0 Å². The van der Waals surface area contributed by atoms with Gasteiger partial charge < -0.3 is 10.2 Å². The highest BCUT2D eigenvalue weighted by Gasteiger charge is 2.21. The van der Waals surface area contributed by atoms with Gasteiger partial charge in [0.15, 0.2) is 0 Å². The van der Waals surface area contributed by atoms with Gasteiger partial charge in [0.2, 0.25) is 10.0 Å². The van der Waals surface area contributed by atoms with Crippen molar-refractivity contribution in [3.63, 3.8) is 0 Å². The highest BCUT2D eigenvalue weighted by Crippen LogP contribution is 2.23. The van der Waals surface area contributed by atoms with Crippen LogP contribution in [0.2, 0.25) is 0 Å². The van der Waals surface area contributed by atoms with Crippen molar-refractivity contribution in [2.45, 2.75) is 18.4 Å². The quantitative estimate of drug-likeness (QED) is 0.758. The van der Waals surface area contributed by atoms with E-state index >= 15 is 0 Å². The molecule has 0 bridgehead atoms. The molecule has 6 nitrogen and oxygen atoms in total. The minimum Gasteiger partial charge on any atom is -0.381 e. The van der Waals surface area contributed by atoms with Crippen molar-refractivity contribution in [2.75, 3.05) is 44.0 Å². The third kappa shape index (κ3) is 4.94. The molecule has 8 heteroatoms. The number of nitrogens with zero attached hydrogens (tertiary/aromatic N) is 2. The Balaban J connectivity index is 1.76. The number of thioether (sulfide) groups is 1. The van der Waals surface area contributed by atoms with Gasteiger partial charge in [-0.2, -0.15) is 11.8 Å². The molecule has 0 aromatic heterocycles. The first-order valence-corrected chi connectivity index (χ1v) is 12.1. The normalized spacial score (nSPS) is 14.8. The molecular formula is C21H27N3O3S2. The Morgan fingerprint density at radius 2 is 1.83 bits per heavy atom. The summed E-state index contributed by atoms with van der Waals surface area (Å²) in [4.78, 5) is 15.1. The molecule has 0 spiro atoms. The smallest absolute Gasteiger partial charge is 0.254 e. The molecule has 0 radical (unpaired) electrons. The minimum atomic E-state index is -3.47. The molecular weight excluding hydrogens is 406 g/mol. The van der Waals surface area contributed by atoms with Gasteiger partial charge in [0.05, 0.1) is 4.90 Å². The van der Waals surface area contributed by atoms with Gasteiger partial charge in [0, 0.05) is 56.5 Å². The maximum atomic E-state index is 12.9. The maximum absolute atomic E-state index is 12.9. The van der Waals surface area contributed by atoms with Crippen LogP contribution >= 0.6 is 11.8 Å². The van der Waals surface area contributed by atoms with Crippen LogP contribution in [-0.2, 0) is 16.6 Å². The molecule has 1 heterocycles. The first-order chi connectivity index (χ1) is 13.8. The van der Waals surface area contributed by atoms with Gasteiger partial charge in [-0.05, 0) is 42.3 Å². The number of rotatable bonds is 6. The molecule has 0 aliphatic carbocycles. The van der Waals surface area contributed by atoms with E-state index in [0.717, 1.165) is 41.4 Å². The Morgan fingerprint density at radius 3 is 2.52 bits per heavy atom. The lowest BCUT2D eigenvalue weighted by molar-refractivity contribution is 0.0771. The first kappa shape index (κ1) is 21.7. The highest BCUT2D eigenvalue weighted by molar-refractivity contribution is 7.99. The van der Waals surface area contributed by atoms with Crippen molar-refractivity contribution >= 4 is 33.4 Å². The topological polar surface area (TPSA) is 69.7 Å². The van der Waals surface area contributed by atoms with E-state index in [1.165, 1.54) is 18.4 Å². The fourth-order valence-electron chi connectivity index (χ4n) is 3.22. The second-order valence-corrected chi connectivity index (χ2v) is 10.5. The first-order valence-electron chi connectivity index (χ1n) is 9.52. The Morgan fingerprint density at radius 1 is 1.14 bits per heavy atom. The maximum Gasteiger partial charge on any atom is 0.254 e. The average molecular weight is 434 g/mol. The number of sulfonamides is 1. The minimum absolute atomic E-state index is 0.0746. The molecule has 2 aromatic carbocycles. The SMILES string of the molecule is Cc1c(NCc2cccc(S(=O)(=O)N(C)C)c2)cccc1C(=O)N1CCSCC1. The zero-order valence-corrected chi connectivity index (χ0v) is 18.6. The van der Waals surface area contributed by atoms with Crippen molar-refractivity contribution in [2.24, 2.45) is 0 Å². The summed E-state index contributed by atoms with van der Waals surface area (Å²) in [6.45, 7) is 3.98. The number of amides is 1. The second-order valence-electron chi connectivity index (χ2n) is 7.17. The van der Waals surface area contributed by atoms with Crippen LogP contribution in [0.15, 0.2) is 47.4 Å². The van der Waals surface area contributed by atoms with E-state index in [9.17, 15) is 13.2 Å². The van der Waals surface area contributed by atoms with Crippen LogP contribution in [0.4, 0.5) is 5.69 Å². The molecule has 2 aromatic rings. The molecule has 1 saturated heterocycles. The van der Waals surface area contributed by atoms with E-state index in [1.54, 1.807) is 18.2 Å². The third-order valence-electron chi connectivity index (χ3n) is 5.02. The van der Waals surface area contributed by atoms with E-state index in [-0.39, 0.29) is 10.8 Å². The molecule has 0 atom stereocenters. The zero-order valence-electron chi connectivity index (χ0n) is 17.0. The summed E-state index contributed by atoms with van der Waals surface area (Å²) >= 11 is 1.88. The summed E-state index contributed by atoms with van der Waals surface area (Å²) in [5.74, 6) is 2.04.